The first-order valence-electron chi connectivity index (χ1n) is 6.22. The molecule has 1 fully saturated rings. The molecule has 3 heteroatoms. The van der Waals surface area contributed by atoms with Crippen LogP contribution in [0.25, 0.3) is 6.08 Å². The molecule has 98 valence electrons. The molecule has 0 aromatic heterocycles. The zero-order valence-electron chi connectivity index (χ0n) is 10.7. The van der Waals surface area contributed by atoms with Gasteiger partial charge < -0.3 is 4.74 Å². The van der Waals surface area contributed by atoms with Crippen molar-refractivity contribution in [3.63, 3.8) is 0 Å². The molecule has 0 spiro atoms. The summed E-state index contributed by atoms with van der Waals surface area (Å²) in [5.41, 5.74) is -0.0254. The van der Waals surface area contributed by atoms with Crippen molar-refractivity contribution in [2.75, 3.05) is 6.61 Å². The van der Waals surface area contributed by atoms with Gasteiger partial charge in [0.1, 0.15) is 5.41 Å². The number of hydrogen-bond acceptors (Lipinski definition) is 3. The lowest BCUT2D eigenvalue weighted by Gasteiger charge is -2.19. The Morgan fingerprint density at radius 3 is 2.53 bits per heavy atom. The van der Waals surface area contributed by atoms with Crippen molar-refractivity contribution < 1.29 is 14.3 Å². The van der Waals surface area contributed by atoms with E-state index in [4.69, 9.17) is 4.74 Å². The number of rotatable bonds is 5. The molecule has 0 aliphatic carbocycles. The number of ketones is 1. The van der Waals surface area contributed by atoms with E-state index < -0.39 is 11.4 Å². The third-order valence-electron chi connectivity index (χ3n) is 3.33. The second kappa shape index (κ2) is 5.65. The Kier molecular flexibility index (Phi) is 3.95. The highest BCUT2D eigenvalue weighted by Gasteiger charge is 2.50. The lowest BCUT2D eigenvalue weighted by Crippen LogP contribution is -2.32. The molecule has 3 nitrogen and oxygen atoms in total. The highest BCUT2D eigenvalue weighted by molar-refractivity contribution is 6.09. The molecule has 1 aromatic carbocycles. The van der Waals surface area contributed by atoms with E-state index in [1.165, 1.54) is 0 Å². The van der Waals surface area contributed by atoms with E-state index in [0.717, 1.165) is 5.56 Å². The monoisotopic (exact) mass is 256 g/mol. The molecule has 0 N–H and O–H groups in total. The Labute approximate surface area is 112 Å². The van der Waals surface area contributed by atoms with Crippen molar-refractivity contribution in [3.8, 4) is 0 Å². The summed E-state index contributed by atoms with van der Waals surface area (Å²) >= 11 is 0. The minimum Gasteiger partial charge on any atom is -0.457 e. The largest absolute Gasteiger partial charge is 0.457 e. The third-order valence-corrected chi connectivity index (χ3v) is 3.33. The summed E-state index contributed by atoms with van der Waals surface area (Å²) in [6, 6.07) is 9.74. The summed E-state index contributed by atoms with van der Waals surface area (Å²) in [7, 11) is 0. The Bertz CT molecular complexity index is 498. The van der Waals surface area contributed by atoms with Crippen molar-refractivity contribution in [2.24, 2.45) is 5.41 Å². The maximum atomic E-state index is 11.9. The lowest BCUT2D eigenvalue weighted by molar-refractivity contribution is -0.146. The molecule has 1 unspecified atom stereocenters. The molecule has 2 rings (SSSR count). The minimum absolute atomic E-state index is 0.119. The number of carbonyl (C=O) groups is 2. The Hall–Kier alpha value is -2.16. The van der Waals surface area contributed by atoms with Gasteiger partial charge in [0.2, 0.25) is 0 Å². The quantitative estimate of drug-likeness (QED) is 0.462. The molecule has 1 aliphatic heterocycles. The molecule has 0 saturated carbocycles. The molecular weight excluding hydrogens is 240 g/mol. The van der Waals surface area contributed by atoms with Crippen LogP contribution in [0, 0.1) is 5.41 Å². The molecule has 1 saturated heterocycles. The summed E-state index contributed by atoms with van der Waals surface area (Å²) in [6.45, 7) is 3.50. The first-order valence-corrected chi connectivity index (χ1v) is 6.22. The van der Waals surface area contributed by atoms with Crippen molar-refractivity contribution in [2.45, 2.75) is 12.8 Å². The van der Waals surface area contributed by atoms with Gasteiger partial charge >= 0.3 is 5.97 Å². The van der Waals surface area contributed by atoms with Gasteiger partial charge in [0, 0.05) is 0 Å². The van der Waals surface area contributed by atoms with Crippen LogP contribution in [0.3, 0.4) is 0 Å². The third kappa shape index (κ3) is 2.65. The number of Topliss-reactive ketones (excluding diaryl/α,β-unsaturated/α-hetero) is 1. The van der Waals surface area contributed by atoms with E-state index in [-0.39, 0.29) is 12.4 Å². The number of esters is 1. The van der Waals surface area contributed by atoms with Crippen LogP contribution in [0.4, 0.5) is 0 Å². The molecular formula is C16H16O3. The fraction of sp³-hybridized carbons (Fsp3) is 0.250. The number of allylic oxidation sites excluding steroid dienone is 2. The van der Waals surface area contributed by atoms with Crippen molar-refractivity contribution in [1.29, 1.82) is 0 Å². The van der Waals surface area contributed by atoms with Gasteiger partial charge in [-0.25, -0.2) is 0 Å². The summed E-state index contributed by atoms with van der Waals surface area (Å²) in [5, 5.41) is 0. The summed E-state index contributed by atoms with van der Waals surface area (Å²) in [4.78, 5) is 23.7. The van der Waals surface area contributed by atoms with Gasteiger partial charge in [0.25, 0.3) is 0 Å². The molecule has 0 amide bonds. The predicted molar refractivity (Wildman–Crippen MR) is 73.3 cm³/mol. The average Bonchev–Trinajstić information content (AvgIpc) is 2.69. The minimum atomic E-state index is -1.06. The Balaban J connectivity index is 2.14. The zero-order valence-corrected chi connectivity index (χ0v) is 10.7. The Morgan fingerprint density at radius 2 is 1.95 bits per heavy atom. The topological polar surface area (TPSA) is 43.4 Å². The highest BCUT2D eigenvalue weighted by Crippen LogP contribution is 2.35. The van der Waals surface area contributed by atoms with E-state index in [0.29, 0.717) is 12.8 Å². The maximum Gasteiger partial charge on any atom is 0.320 e. The number of cyclic esters (lactones) is 1. The fourth-order valence-electron chi connectivity index (χ4n) is 2.21. The van der Waals surface area contributed by atoms with Crippen LogP contribution in [0.15, 0.2) is 49.1 Å². The van der Waals surface area contributed by atoms with Crippen LogP contribution in [-0.2, 0) is 14.3 Å². The van der Waals surface area contributed by atoms with Crippen LogP contribution in [0.5, 0.6) is 0 Å². The van der Waals surface area contributed by atoms with Crippen LogP contribution in [-0.4, -0.2) is 18.4 Å². The highest BCUT2D eigenvalue weighted by atomic mass is 16.5. The summed E-state index contributed by atoms with van der Waals surface area (Å²) < 4.78 is 4.87. The van der Waals surface area contributed by atoms with Gasteiger partial charge in [-0.1, -0.05) is 48.6 Å². The van der Waals surface area contributed by atoms with Gasteiger partial charge in [0.15, 0.2) is 12.4 Å². The number of carbonyl (C=O) groups excluding carboxylic acids is 2. The van der Waals surface area contributed by atoms with Crippen LogP contribution in [0.2, 0.25) is 0 Å². The van der Waals surface area contributed by atoms with Gasteiger partial charge in [-0.15, -0.1) is 6.58 Å². The van der Waals surface area contributed by atoms with Gasteiger partial charge in [0.05, 0.1) is 0 Å². The van der Waals surface area contributed by atoms with E-state index in [1.807, 2.05) is 42.5 Å². The second-order valence-electron chi connectivity index (χ2n) is 4.59. The first kappa shape index (κ1) is 13.3. The first-order chi connectivity index (χ1) is 9.19. The van der Waals surface area contributed by atoms with Crippen molar-refractivity contribution in [3.05, 3.63) is 54.6 Å². The van der Waals surface area contributed by atoms with Gasteiger partial charge in [-0.05, 0) is 18.4 Å². The van der Waals surface area contributed by atoms with Gasteiger partial charge in [-0.3, -0.25) is 9.59 Å². The molecule has 1 atom stereocenters. The normalized spacial score (nSPS) is 22.7. The maximum absolute atomic E-state index is 11.9. The van der Waals surface area contributed by atoms with E-state index in [2.05, 4.69) is 6.58 Å². The Morgan fingerprint density at radius 1 is 1.21 bits per heavy atom. The van der Waals surface area contributed by atoms with Gasteiger partial charge in [-0.2, -0.15) is 0 Å². The predicted octanol–water partition coefficient (Wildman–Crippen LogP) is 2.78. The number of ether oxygens (including phenoxy) is 1. The fourth-order valence-corrected chi connectivity index (χ4v) is 2.21. The van der Waals surface area contributed by atoms with Crippen LogP contribution < -0.4 is 0 Å². The lowest BCUT2D eigenvalue weighted by atomic mass is 9.78. The molecule has 0 bridgehead atoms. The van der Waals surface area contributed by atoms with Crippen LogP contribution >= 0.6 is 0 Å². The van der Waals surface area contributed by atoms with Crippen LogP contribution in [0.1, 0.15) is 18.4 Å². The smallest absolute Gasteiger partial charge is 0.320 e. The number of benzene rings is 1. The van der Waals surface area contributed by atoms with Crippen molar-refractivity contribution in [1.82, 2.24) is 0 Å². The SMILES string of the molecule is C=CCC1(C/C=C/c2ccccc2)C(=O)COC1=O. The van der Waals surface area contributed by atoms with E-state index >= 15 is 0 Å². The standard InChI is InChI=1S/C16H16O3/c1-2-10-16(14(17)12-19-15(16)18)11-6-9-13-7-4-3-5-8-13/h2-9H,1,10-12H2/b9-6+. The molecule has 19 heavy (non-hydrogen) atoms. The van der Waals surface area contributed by atoms with E-state index in [1.54, 1.807) is 6.08 Å². The zero-order chi connectivity index (χ0) is 13.7. The van der Waals surface area contributed by atoms with E-state index in [9.17, 15) is 9.59 Å². The summed E-state index contributed by atoms with van der Waals surface area (Å²) in [5.74, 6) is -0.592. The molecule has 1 heterocycles. The second-order valence-corrected chi connectivity index (χ2v) is 4.59. The number of hydrogen-bond donors (Lipinski definition) is 0. The average molecular weight is 256 g/mol. The molecule has 0 radical (unpaired) electrons. The summed E-state index contributed by atoms with van der Waals surface area (Å²) in [6.07, 6.45) is 6.03. The van der Waals surface area contributed by atoms with Crippen molar-refractivity contribution >= 4 is 17.8 Å². The molecule has 1 aromatic rings. The molecule has 1 aliphatic rings.